The van der Waals surface area contributed by atoms with Gasteiger partial charge in [0, 0.05) is 12.1 Å². The zero-order valence-corrected chi connectivity index (χ0v) is 13.4. The van der Waals surface area contributed by atoms with Gasteiger partial charge in [0.2, 0.25) is 0 Å². The van der Waals surface area contributed by atoms with E-state index in [-0.39, 0.29) is 5.82 Å². The van der Waals surface area contributed by atoms with Crippen LogP contribution in [0.3, 0.4) is 0 Å². The molecule has 106 valence electrons. The maximum absolute atomic E-state index is 13.2. The van der Waals surface area contributed by atoms with Crippen LogP contribution in [0.25, 0.3) is 11.4 Å². The Morgan fingerprint density at radius 2 is 2.00 bits per heavy atom. The maximum Gasteiger partial charge on any atom is 0.162 e. The van der Waals surface area contributed by atoms with E-state index in [4.69, 9.17) is 0 Å². The van der Waals surface area contributed by atoms with E-state index in [2.05, 4.69) is 38.1 Å². The third-order valence-electron chi connectivity index (χ3n) is 2.99. The molecule has 0 saturated carbocycles. The van der Waals surface area contributed by atoms with Crippen LogP contribution in [0.1, 0.15) is 24.6 Å². The minimum Gasteiger partial charge on any atom is -0.369 e. The molecule has 0 aliphatic rings. The largest absolute Gasteiger partial charge is 0.369 e. The number of halogens is 2. The molecule has 1 aromatic heterocycles. The molecule has 0 atom stereocenters. The summed E-state index contributed by atoms with van der Waals surface area (Å²) < 4.78 is 14.1. The minimum absolute atomic E-state index is 0.246. The van der Waals surface area contributed by atoms with E-state index < -0.39 is 0 Å². The molecule has 0 fully saturated rings. The first kappa shape index (κ1) is 14.9. The molecule has 0 aliphatic heterocycles. The van der Waals surface area contributed by atoms with E-state index in [9.17, 15) is 4.39 Å². The minimum atomic E-state index is -0.246. The number of aromatic nitrogens is 2. The molecule has 2 rings (SSSR count). The molecule has 0 aliphatic carbocycles. The van der Waals surface area contributed by atoms with Gasteiger partial charge < -0.3 is 5.32 Å². The van der Waals surface area contributed by atoms with Crippen LogP contribution < -0.4 is 5.32 Å². The van der Waals surface area contributed by atoms with Gasteiger partial charge in [0.25, 0.3) is 0 Å². The number of nitrogens with zero attached hydrogens (tertiary/aromatic N) is 2. The fraction of sp³-hybridized carbons (Fsp3) is 0.333. The standard InChI is InChI=1S/C15H17BrFN3/c1-4-7-18-15-13(16)10(3)19-14(20-15)12-6-5-11(17)8-9(12)2/h5-6,8H,4,7H2,1-3H3,(H,18,19,20). The van der Waals surface area contributed by atoms with Crippen molar-refractivity contribution in [3.8, 4) is 11.4 Å². The predicted octanol–water partition coefficient (Wildman–Crippen LogP) is 4.48. The first-order valence-corrected chi connectivity index (χ1v) is 7.36. The molecule has 0 saturated heterocycles. The van der Waals surface area contributed by atoms with E-state index in [1.54, 1.807) is 6.07 Å². The Kier molecular flexibility index (Phi) is 4.70. The van der Waals surface area contributed by atoms with Gasteiger partial charge in [-0.05, 0) is 60.0 Å². The molecule has 0 radical (unpaired) electrons. The predicted molar refractivity (Wildman–Crippen MR) is 83.4 cm³/mol. The average Bonchev–Trinajstić information content (AvgIpc) is 2.40. The number of nitrogens with one attached hydrogen (secondary N) is 1. The van der Waals surface area contributed by atoms with Gasteiger partial charge in [-0.3, -0.25) is 0 Å². The highest BCUT2D eigenvalue weighted by Crippen LogP contribution is 2.28. The summed E-state index contributed by atoms with van der Waals surface area (Å²) >= 11 is 3.50. The van der Waals surface area contributed by atoms with Crippen LogP contribution >= 0.6 is 15.9 Å². The lowest BCUT2D eigenvalue weighted by molar-refractivity contribution is 0.627. The Bertz CT molecular complexity index is 629. The van der Waals surface area contributed by atoms with Crippen molar-refractivity contribution < 1.29 is 4.39 Å². The summed E-state index contributed by atoms with van der Waals surface area (Å²) in [4.78, 5) is 9.02. The summed E-state index contributed by atoms with van der Waals surface area (Å²) in [6.07, 6.45) is 1.01. The van der Waals surface area contributed by atoms with Crippen LogP contribution in [-0.2, 0) is 0 Å². The number of benzene rings is 1. The quantitative estimate of drug-likeness (QED) is 0.893. The molecule has 1 aromatic carbocycles. The van der Waals surface area contributed by atoms with Gasteiger partial charge >= 0.3 is 0 Å². The van der Waals surface area contributed by atoms with Crippen LogP contribution in [0.4, 0.5) is 10.2 Å². The zero-order valence-electron chi connectivity index (χ0n) is 11.8. The number of hydrogen-bond acceptors (Lipinski definition) is 3. The Labute approximate surface area is 126 Å². The van der Waals surface area contributed by atoms with Crippen molar-refractivity contribution in [2.45, 2.75) is 27.2 Å². The third-order valence-corrected chi connectivity index (χ3v) is 3.94. The van der Waals surface area contributed by atoms with E-state index in [0.717, 1.165) is 40.1 Å². The first-order valence-electron chi connectivity index (χ1n) is 6.57. The van der Waals surface area contributed by atoms with Crippen molar-refractivity contribution in [1.29, 1.82) is 0 Å². The molecule has 20 heavy (non-hydrogen) atoms. The lowest BCUT2D eigenvalue weighted by Crippen LogP contribution is -2.06. The van der Waals surface area contributed by atoms with Crippen molar-refractivity contribution in [2.75, 3.05) is 11.9 Å². The van der Waals surface area contributed by atoms with Crippen molar-refractivity contribution in [1.82, 2.24) is 9.97 Å². The van der Waals surface area contributed by atoms with Gasteiger partial charge in [-0.15, -0.1) is 0 Å². The lowest BCUT2D eigenvalue weighted by Gasteiger charge is -2.12. The zero-order chi connectivity index (χ0) is 14.7. The molecule has 0 bridgehead atoms. The van der Waals surface area contributed by atoms with Crippen LogP contribution in [0.2, 0.25) is 0 Å². The molecule has 3 nitrogen and oxygen atoms in total. The second-order valence-corrected chi connectivity index (χ2v) is 5.47. The molecule has 5 heteroatoms. The summed E-state index contributed by atoms with van der Waals surface area (Å²) in [6.45, 7) is 6.72. The van der Waals surface area contributed by atoms with Gasteiger partial charge in [-0.1, -0.05) is 6.92 Å². The van der Waals surface area contributed by atoms with E-state index in [1.165, 1.54) is 12.1 Å². The van der Waals surface area contributed by atoms with Crippen LogP contribution in [0.15, 0.2) is 22.7 Å². The summed E-state index contributed by atoms with van der Waals surface area (Å²) in [6, 6.07) is 4.65. The fourth-order valence-corrected chi connectivity index (χ4v) is 2.24. The van der Waals surface area contributed by atoms with Crippen LogP contribution in [-0.4, -0.2) is 16.5 Å². The van der Waals surface area contributed by atoms with Gasteiger partial charge in [-0.2, -0.15) is 0 Å². The summed E-state index contributed by atoms with van der Waals surface area (Å²) in [7, 11) is 0. The molecule has 0 amide bonds. The number of rotatable bonds is 4. The van der Waals surface area contributed by atoms with Gasteiger partial charge in [0.05, 0.1) is 10.2 Å². The Morgan fingerprint density at radius 3 is 2.65 bits per heavy atom. The second-order valence-electron chi connectivity index (χ2n) is 4.68. The van der Waals surface area contributed by atoms with Gasteiger partial charge in [-0.25, -0.2) is 14.4 Å². The van der Waals surface area contributed by atoms with Crippen molar-refractivity contribution in [2.24, 2.45) is 0 Å². The maximum atomic E-state index is 13.2. The Balaban J connectivity index is 2.48. The van der Waals surface area contributed by atoms with E-state index >= 15 is 0 Å². The van der Waals surface area contributed by atoms with Crippen LogP contribution in [0.5, 0.6) is 0 Å². The number of anilines is 1. The van der Waals surface area contributed by atoms with Gasteiger partial charge in [0.15, 0.2) is 5.82 Å². The van der Waals surface area contributed by atoms with Gasteiger partial charge in [0.1, 0.15) is 11.6 Å². The SMILES string of the molecule is CCCNc1nc(-c2ccc(F)cc2C)nc(C)c1Br. The Morgan fingerprint density at radius 1 is 1.25 bits per heavy atom. The summed E-state index contributed by atoms with van der Waals surface area (Å²) in [5.74, 6) is 1.14. The normalized spacial score (nSPS) is 10.7. The smallest absolute Gasteiger partial charge is 0.162 e. The van der Waals surface area contributed by atoms with E-state index in [0.29, 0.717) is 5.82 Å². The lowest BCUT2D eigenvalue weighted by atomic mass is 10.1. The highest BCUT2D eigenvalue weighted by Gasteiger charge is 2.12. The van der Waals surface area contributed by atoms with Crippen molar-refractivity contribution in [3.63, 3.8) is 0 Å². The first-order chi connectivity index (χ1) is 9.52. The fourth-order valence-electron chi connectivity index (χ4n) is 1.92. The average molecular weight is 338 g/mol. The number of aryl methyl sites for hydroxylation is 2. The molecule has 2 aromatic rings. The highest BCUT2D eigenvalue weighted by atomic mass is 79.9. The molecular weight excluding hydrogens is 321 g/mol. The number of hydrogen-bond donors (Lipinski definition) is 1. The molecule has 0 unspecified atom stereocenters. The van der Waals surface area contributed by atoms with Crippen LogP contribution in [0, 0.1) is 19.7 Å². The molecule has 0 spiro atoms. The highest BCUT2D eigenvalue weighted by molar-refractivity contribution is 9.10. The molecular formula is C15H17BrFN3. The van der Waals surface area contributed by atoms with E-state index in [1.807, 2.05) is 13.8 Å². The Hall–Kier alpha value is -1.49. The second kappa shape index (κ2) is 6.31. The third kappa shape index (κ3) is 3.15. The molecule has 1 heterocycles. The summed E-state index contributed by atoms with van der Waals surface area (Å²) in [5, 5.41) is 3.27. The summed E-state index contributed by atoms with van der Waals surface area (Å²) in [5.41, 5.74) is 2.53. The molecule has 1 N–H and O–H groups in total. The topological polar surface area (TPSA) is 37.8 Å². The van der Waals surface area contributed by atoms with Crippen molar-refractivity contribution in [3.05, 3.63) is 39.7 Å². The van der Waals surface area contributed by atoms with Crippen molar-refractivity contribution >= 4 is 21.7 Å². The monoisotopic (exact) mass is 337 g/mol.